The van der Waals surface area contributed by atoms with Crippen LogP contribution < -0.4 is 5.32 Å². The number of aromatic nitrogens is 1. The summed E-state index contributed by atoms with van der Waals surface area (Å²) in [6.07, 6.45) is -0.813. The number of nitrogens with zero attached hydrogens (tertiary/aromatic N) is 1. The largest absolute Gasteiger partial charge is 0.481 e. The lowest BCUT2D eigenvalue weighted by Gasteiger charge is -2.37. The van der Waals surface area contributed by atoms with Crippen LogP contribution in [0.15, 0.2) is 12.1 Å². The second-order valence-electron chi connectivity index (χ2n) is 6.88. The van der Waals surface area contributed by atoms with Crippen LogP contribution in [-0.2, 0) is 11.0 Å². The molecule has 2 fully saturated rings. The summed E-state index contributed by atoms with van der Waals surface area (Å²) < 4.78 is 39.0. The molecule has 0 unspecified atom stereocenters. The molecule has 0 aromatic carbocycles. The fourth-order valence-corrected chi connectivity index (χ4v) is 3.11. The Hall–Kier alpha value is -2.12. The number of carbonyl (C=O) groups excluding carboxylic acids is 1. The van der Waals surface area contributed by atoms with Gasteiger partial charge in [0.2, 0.25) is 0 Å². The number of carbonyl (C=O) groups is 2. The van der Waals surface area contributed by atoms with Gasteiger partial charge in [-0.1, -0.05) is 6.42 Å². The number of pyridine rings is 1. The zero-order valence-corrected chi connectivity index (χ0v) is 13.5. The van der Waals surface area contributed by atoms with Gasteiger partial charge in [-0.3, -0.25) is 9.59 Å². The zero-order chi connectivity index (χ0) is 18.2. The quantitative estimate of drug-likeness (QED) is 0.819. The van der Waals surface area contributed by atoms with E-state index in [0.717, 1.165) is 25.3 Å². The van der Waals surface area contributed by atoms with Crippen molar-refractivity contribution in [2.24, 2.45) is 5.41 Å². The van der Waals surface area contributed by atoms with Crippen LogP contribution in [0.25, 0.3) is 0 Å². The van der Waals surface area contributed by atoms with E-state index >= 15 is 0 Å². The van der Waals surface area contributed by atoms with Gasteiger partial charge >= 0.3 is 12.1 Å². The first-order chi connectivity index (χ1) is 11.7. The van der Waals surface area contributed by atoms with Crippen LogP contribution in [0.4, 0.5) is 13.2 Å². The van der Waals surface area contributed by atoms with Gasteiger partial charge in [0.15, 0.2) is 0 Å². The fourth-order valence-electron chi connectivity index (χ4n) is 3.11. The highest BCUT2D eigenvalue weighted by Crippen LogP contribution is 2.44. The van der Waals surface area contributed by atoms with Crippen molar-refractivity contribution in [2.45, 2.75) is 50.6 Å². The van der Waals surface area contributed by atoms with Crippen molar-refractivity contribution in [3.8, 4) is 0 Å². The molecule has 1 amide bonds. The first-order valence-corrected chi connectivity index (χ1v) is 8.32. The number of rotatable bonds is 6. The summed E-state index contributed by atoms with van der Waals surface area (Å²) in [5.41, 5.74) is -1.66. The van der Waals surface area contributed by atoms with Crippen LogP contribution in [0.2, 0.25) is 0 Å². The van der Waals surface area contributed by atoms with E-state index in [1.54, 1.807) is 0 Å². The molecule has 2 saturated carbocycles. The first-order valence-electron chi connectivity index (χ1n) is 8.32. The van der Waals surface area contributed by atoms with Gasteiger partial charge in [0.1, 0.15) is 5.69 Å². The Bertz CT molecular complexity index is 695. The van der Waals surface area contributed by atoms with E-state index in [-0.39, 0.29) is 24.4 Å². The van der Waals surface area contributed by atoms with Gasteiger partial charge in [0.05, 0.1) is 5.41 Å². The number of aliphatic carboxylic acids is 1. The molecule has 0 bridgehead atoms. The van der Waals surface area contributed by atoms with Crippen molar-refractivity contribution in [2.75, 3.05) is 6.54 Å². The number of nitrogens with one attached hydrogen (secondary N) is 1. The molecular formula is C17H19F3N2O3. The molecule has 2 aliphatic carbocycles. The van der Waals surface area contributed by atoms with Gasteiger partial charge in [0.25, 0.3) is 5.91 Å². The number of halogens is 3. The van der Waals surface area contributed by atoms with Gasteiger partial charge in [0, 0.05) is 23.7 Å². The minimum Gasteiger partial charge on any atom is -0.481 e. The van der Waals surface area contributed by atoms with Crippen molar-refractivity contribution in [1.29, 1.82) is 0 Å². The topological polar surface area (TPSA) is 79.3 Å². The van der Waals surface area contributed by atoms with E-state index < -0.39 is 29.2 Å². The van der Waals surface area contributed by atoms with Crippen molar-refractivity contribution >= 4 is 11.9 Å². The van der Waals surface area contributed by atoms with Gasteiger partial charge in [-0.2, -0.15) is 13.2 Å². The van der Waals surface area contributed by atoms with Crippen molar-refractivity contribution < 1.29 is 27.9 Å². The standard InChI is InChI=1S/C17H19F3N2O3/c18-17(19,20)13-9-11(8-12(22-13)10-2-3-10)14(23)21-7-6-16(15(24)25)4-1-5-16/h8-10H,1-7H2,(H,21,23)(H,24,25). The van der Waals surface area contributed by atoms with Crippen molar-refractivity contribution in [1.82, 2.24) is 10.3 Å². The molecule has 1 aromatic heterocycles. The summed E-state index contributed by atoms with van der Waals surface area (Å²) >= 11 is 0. The third-order valence-electron chi connectivity index (χ3n) is 5.05. The van der Waals surface area contributed by atoms with Crippen molar-refractivity contribution in [3.05, 3.63) is 29.1 Å². The Kier molecular flexibility index (Phi) is 4.47. The summed E-state index contributed by atoms with van der Waals surface area (Å²) in [6, 6.07) is 2.15. The highest BCUT2D eigenvalue weighted by molar-refractivity contribution is 5.94. The second kappa shape index (κ2) is 6.31. The van der Waals surface area contributed by atoms with Crippen molar-refractivity contribution in [3.63, 3.8) is 0 Å². The molecule has 0 saturated heterocycles. The lowest BCUT2D eigenvalue weighted by Crippen LogP contribution is -2.41. The molecule has 2 N–H and O–H groups in total. The zero-order valence-electron chi connectivity index (χ0n) is 13.5. The number of amides is 1. The summed E-state index contributed by atoms with van der Waals surface area (Å²) in [5.74, 6) is -1.53. The number of hydrogen-bond donors (Lipinski definition) is 2. The van der Waals surface area contributed by atoms with E-state index in [1.165, 1.54) is 6.07 Å². The fraction of sp³-hybridized carbons (Fsp3) is 0.588. The number of alkyl halides is 3. The maximum atomic E-state index is 13.0. The molecule has 25 heavy (non-hydrogen) atoms. The molecule has 0 atom stereocenters. The predicted molar refractivity (Wildman–Crippen MR) is 82.1 cm³/mol. The SMILES string of the molecule is O=C(NCCC1(C(=O)O)CCC1)c1cc(C2CC2)nc(C(F)(F)F)c1. The molecule has 2 aliphatic rings. The minimum absolute atomic E-state index is 0.0147. The van der Waals surface area contributed by atoms with Gasteiger partial charge < -0.3 is 10.4 Å². The molecule has 0 radical (unpaired) electrons. The molecule has 5 nitrogen and oxygen atoms in total. The van der Waals surface area contributed by atoms with Crippen LogP contribution in [0.1, 0.15) is 66.2 Å². The Morgan fingerprint density at radius 2 is 1.96 bits per heavy atom. The summed E-state index contributed by atoms with van der Waals surface area (Å²) in [6.45, 7) is 0.119. The van der Waals surface area contributed by atoms with Crippen LogP contribution in [0, 0.1) is 5.41 Å². The van der Waals surface area contributed by atoms with Gasteiger partial charge in [-0.05, 0) is 44.2 Å². The minimum atomic E-state index is -4.61. The Morgan fingerprint density at radius 1 is 1.28 bits per heavy atom. The van der Waals surface area contributed by atoms with Crippen LogP contribution in [0.3, 0.4) is 0 Å². The molecular weight excluding hydrogens is 337 g/mol. The third-order valence-corrected chi connectivity index (χ3v) is 5.05. The van der Waals surface area contributed by atoms with Crippen LogP contribution >= 0.6 is 0 Å². The molecule has 0 aliphatic heterocycles. The smallest absolute Gasteiger partial charge is 0.433 e. The second-order valence-corrected chi connectivity index (χ2v) is 6.88. The molecule has 136 valence electrons. The van der Waals surface area contributed by atoms with Gasteiger partial charge in [-0.15, -0.1) is 0 Å². The molecule has 1 heterocycles. The lowest BCUT2D eigenvalue weighted by molar-refractivity contribution is -0.155. The number of carboxylic acids is 1. The van der Waals surface area contributed by atoms with Gasteiger partial charge in [-0.25, -0.2) is 4.98 Å². The molecule has 0 spiro atoms. The van der Waals surface area contributed by atoms with E-state index in [0.29, 0.717) is 18.5 Å². The molecule has 3 rings (SSSR count). The number of hydrogen-bond acceptors (Lipinski definition) is 3. The van der Waals surface area contributed by atoms with E-state index in [2.05, 4.69) is 10.3 Å². The molecule has 8 heteroatoms. The first kappa shape index (κ1) is 17.7. The molecule has 1 aromatic rings. The maximum Gasteiger partial charge on any atom is 0.433 e. The highest BCUT2D eigenvalue weighted by Gasteiger charge is 2.43. The summed E-state index contributed by atoms with van der Waals surface area (Å²) in [4.78, 5) is 27.1. The average Bonchev–Trinajstić information content (AvgIpc) is 3.32. The summed E-state index contributed by atoms with van der Waals surface area (Å²) in [5, 5.41) is 11.8. The number of carboxylic acid groups (broad SMARTS) is 1. The predicted octanol–water partition coefficient (Wildman–Crippen LogP) is 3.35. The van der Waals surface area contributed by atoms with Crippen LogP contribution in [-0.4, -0.2) is 28.5 Å². The lowest BCUT2D eigenvalue weighted by atomic mass is 9.67. The monoisotopic (exact) mass is 356 g/mol. The maximum absolute atomic E-state index is 13.0. The van der Waals surface area contributed by atoms with Crippen LogP contribution in [0.5, 0.6) is 0 Å². The third kappa shape index (κ3) is 3.77. The highest BCUT2D eigenvalue weighted by atomic mass is 19.4. The Labute approximate surface area is 142 Å². The van der Waals surface area contributed by atoms with E-state index in [9.17, 15) is 27.9 Å². The Balaban J connectivity index is 1.69. The average molecular weight is 356 g/mol. The normalized spacial score (nSPS) is 19.2. The summed E-state index contributed by atoms with van der Waals surface area (Å²) in [7, 11) is 0. The van der Waals surface area contributed by atoms with E-state index in [4.69, 9.17) is 0 Å². The van der Waals surface area contributed by atoms with E-state index in [1.807, 2.05) is 0 Å². The Morgan fingerprint density at radius 3 is 2.44 bits per heavy atom.